The summed E-state index contributed by atoms with van der Waals surface area (Å²) in [5, 5.41) is 0. The van der Waals surface area contributed by atoms with E-state index < -0.39 is 5.97 Å². The molecule has 86 valence electrons. The van der Waals surface area contributed by atoms with Crippen LogP contribution in [0.2, 0.25) is 0 Å². The van der Waals surface area contributed by atoms with Gasteiger partial charge in [-0.25, -0.2) is 10.2 Å². The Morgan fingerprint density at radius 3 is 3.19 bits per heavy atom. The number of nitrogens with two attached hydrogens (primary N) is 1. The molecule has 0 radical (unpaired) electrons. The van der Waals surface area contributed by atoms with Gasteiger partial charge in [0.25, 0.3) is 0 Å². The molecule has 1 rings (SSSR count). The molecule has 16 heavy (non-hydrogen) atoms. The molecule has 1 aliphatic heterocycles. The second kappa shape index (κ2) is 6.54. The zero-order valence-electron chi connectivity index (χ0n) is 8.88. The first-order valence-electron chi connectivity index (χ1n) is 4.66. The first-order chi connectivity index (χ1) is 7.77. The van der Waals surface area contributed by atoms with Gasteiger partial charge < -0.3 is 10.3 Å². The molecule has 0 spiro atoms. The predicted molar refractivity (Wildman–Crippen MR) is 61.1 cm³/mol. The van der Waals surface area contributed by atoms with Gasteiger partial charge in [0.05, 0.1) is 6.04 Å². The Morgan fingerprint density at radius 1 is 1.69 bits per heavy atom. The van der Waals surface area contributed by atoms with Gasteiger partial charge in [0, 0.05) is 25.5 Å². The number of nitrogens with one attached hydrogen (secondary N) is 2. The van der Waals surface area contributed by atoms with Crippen molar-refractivity contribution >= 4 is 12.2 Å². The van der Waals surface area contributed by atoms with Gasteiger partial charge in [-0.05, 0) is 11.6 Å². The van der Waals surface area contributed by atoms with Gasteiger partial charge in [-0.3, -0.25) is 4.99 Å². The van der Waals surface area contributed by atoms with Crippen molar-refractivity contribution in [1.29, 1.82) is 0 Å². The summed E-state index contributed by atoms with van der Waals surface area (Å²) in [7, 11) is 1.69. The molecule has 0 fully saturated rings. The third-order valence-corrected chi connectivity index (χ3v) is 1.90. The number of carbonyl (C=O) groups is 1. The smallest absolute Gasteiger partial charge is 0.348 e. The van der Waals surface area contributed by atoms with Crippen LogP contribution >= 0.6 is 0 Å². The highest BCUT2D eigenvalue weighted by Crippen LogP contribution is 2.08. The number of hydrogen-bond donors (Lipinski definition) is 3. The van der Waals surface area contributed by atoms with Crippen molar-refractivity contribution in [3.8, 4) is 0 Å². The van der Waals surface area contributed by atoms with Crippen molar-refractivity contribution in [2.75, 3.05) is 7.05 Å². The van der Waals surface area contributed by atoms with Gasteiger partial charge in [0.1, 0.15) is 0 Å². The molecule has 1 atom stereocenters. The van der Waals surface area contributed by atoms with Crippen molar-refractivity contribution in [2.45, 2.75) is 6.04 Å². The van der Waals surface area contributed by atoms with Gasteiger partial charge in [-0.1, -0.05) is 12.2 Å². The van der Waals surface area contributed by atoms with Crippen LogP contribution in [0.25, 0.3) is 0 Å². The van der Waals surface area contributed by atoms with E-state index in [1.165, 1.54) is 6.08 Å². The van der Waals surface area contributed by atoms with E-state index in [0.29, 0.717) is 0 Å². The van der Waals surface area contributed by atoms with Crippen molar-refractivity contribution in [2.24, 2.45) is 10.9 Å². The molecular weight excluding hydrogens is 208 g/mol. The van der Waals surface area contributed by atoms with Crippen molar-refractivity contribution < 1.29 is 9.63 Å². The zero-order chi connectivity index (χ0) is 11.8. The molecule has 0 aliphatic carbocycles. The predicted octanol–water partition coefficient (Wildman–Crippen LogP) is -0.423. The Labute approximate surface area is 93.5 Å². The molecule has 0 aromatic carbocycles. The zero-order valence-corrected chi connectivity index (χ0v) is 8.88. The van der Waals surface area contributed by atoms with E-state index in [9.17, 15) is 4.79 Å². The lowest BCUT2D eigenvalue weighted by atomic mass is 10.1. The fourth-order valence-electron chi connectivity index (χ4n) is 1.15. The van der Waals surface area contributed by atoms with E-state index in [4.69, 9.17) is 5.90 Å². The summed E-state index contributed by atoms with van der Waals surface area (Å²) < 4.78 is 0. The summed E-state index contributed by atoms with van der Waals surface area (Å²) in [6.45, 7) is 0. The number of hydrogen-bond acceptors (Lipinski definition) is 6. The fraction of sp³-hybridized carbons (Fsp3) is 0.200. The van der Waals surface area contributed by atoms with E-state index in [0.717, 1.165) is 5.57 Å². The first-order valence-corrected chi connectivity index (χ1v) is 4.66. The molecule has 1 heterocycles. The Bertz CT molecular complexity index is 358. The summed E-state index contributed by atoms with van der Waals surface area (Å²) in [5.41, 5.74) is 6.76. The minimum Gasteiger partial charge on any atom is -0.370 e. The van der Waals surface area contributed by atoms with Gasteiger partial charge in [0.2, 0.25) is 0 Å². The summed E-state index contributed by atoms with van der Waals surface area (Å²) in [5.74, 6) is 4.12. The van der Waals surface area contributed by atoms with Crippen LogP contribution in [-0.4, -0.2) is 25.3 Å². The lowest BCUT2D eigenvalue weighted by molar-refractivity contribution is -0.138. The minimum atomic E-state index is -0.591. The van der Waals surface area contributed by atoms with Crippen LogP contribution in [0.3, 0.4) is 0 Å². The highest BCUT2D eigenvalue weighted by atomic mass is 16.7. The fourth-order valence-corrected chi connectivity index (χ4v) is 1.15. The van der Waals surface area contributed by atoms with E-state index >= 15 is 0 Å². The lowest BCUT2D eigenvalue weighted by Gasteiger charge is -2.05. The standard InChI is InChI=1S/C10H14N4O2/c1-12-6-2-3-8-7-13-14-9(8)4-5-10(15)16-11/h2-7,9,13-14H,11H2,1H3/b3-2-,5-4+,12-6?. The second-order valence-electron chi connectivity index (χ2n) is 2.97. The molecular formula is C10H14N4O2. The highest BCUT2D eigenvalue weighted by molar-refractivity contribution is 5.81. The van der Waals surface area contributed by atoms with Gasteiger partial charge in [-0.2, -0.15) is 5.90 Å². The molecule has 6 heteroatoms. The Balaban J connectivity index is 2.58. The van der Waals surface area contributed by atoms with Crippen LogP contribution in [0.1, 0.15) is 0 Å². The maximum atomic E-state index is 10.8. The van der Waals surface area contributed by atoms with Gasteiger partial charge in [-0.15, -0.1) is 0 Å². The average Bonchev–Trinajstić information content (AvgIpc) is 2.74. The van der Waals surface area contributed by atoms with E-state index in [1.807, 2.05) is 12.2 Å². The SMILES string of the molecule is CN=C/C=C\C1=CNNC1/C=C/C(=O)ON. The maximum Gasteiger partial charge on any atom is 0.348 e. The van der Waals surface area contributed by atoms with Crippen LogP contribution in [-0.2, 0) is 9.63 Å². The Hall–Kier alpha value is -1.92. The summed E-state index contributed by atoms with van der Waals surface area (Å²) in [4.78, 5) is 18.6. The van der Waals surface area contributed by atoms with Crippen molar-refractivity contribution in [1.82, 2.24) is 10.9 Å². The molecule has 0 amide bonds. The largest absolute Gasteiger partial charge is 0.370 e. The number of rotatable bonds is 4. The van der Waals surface area contributed by atoms with Gasteiger partial charge >= 0.3 is 5.97 Å². The third kappa shape index (κ3) is 3.68. The number of nitrogens with zero attached hydrogens (tertiary/aromatic N) is 1. The topological polar surface area (TPSA) is 88.7 Å². The molecule has 0 saturated heterocycles. The monoisotopic (exact) mass is 222 g/mol. The summed E-state index contributed by atoms with van der Waals surface area (Å²) in [6, 6.07) is -0.0967. The third-order valence-electron chi connectivity index (χ3n) is 1.90. The Morgan fingerprint density at radius 2 is 2.50 bits per heavy atom. The molecule has 4 N–H and O–H groups in total. The molecule has 1 unspecified atom stereocenters. The summed E-state index contributed by atoms with van der Waals surface area (Å²) in [6.07, 6.45) is 10.1. The quantitative estimate of drug-likeness (QED) is 0.341. The molecule has 0 bridgehead atoms. The van der Waals surface area contributed by atoms with E-state index in [2.05, 4.69) is 20.7 Å². The molecule has 1 aliphatic rings. The van der Waals surface area contributed by atoms with Crippen LogP contribution in [0, 0.1) is 0 Å². The van der Waals surface area contributed by atoms with Crippen LogP contribution in [0.5, 0.6) is 0 Å². The molecule has 0 aromatic heterocycles. The van der Waals surface area contributed by atoms with Crippen molar-refractivity contribution in [3.05, 3.63) is 36.1 Å². The number of aliphatic imine (C=N–C) groups is 1. The molecule has 0 aromatic rings. The number of carbonyl (C=O) groups excluding carboxylic acids is 1. The number of hydrazine groups is 1. The highest BCUT2D eigenvalue weighted by Gasteiger charge is 2.13. The normalized spacial score (nSPS) is 20.6. The van der Waals surface area contributed by atoms with Crippen LogP contribution in [0.15, 0.2) is 41.1 Å². The number of allylic oxidation sites excluding steroid dienone is 1. The lowest BCUT2D eigenvalue weighted by Crippen LogP contribution is -2.30. The van der Waals surface area contributed by atoms with E-state index in [1.54, 1.807) is 25.5 Å². The maximum absolute atomic E-state index is 10.8. The van der Waals surface area contributed by atoms with E-state index in [-0.39, 0.29) is 6.04 Å². The first kappa shape index (κ1) is 12.2. The Kier molecular flexibility index (Phi) is 4.97. The van der Waals surface area contributed by atoms with Gasteiger partial charge in [0.15, 0.2) is 0 Å². The minimum absolute atomic E-state index is 0.0967. The van der Waals surface area contributed by atoms with Crippen molar-refractivity contribution in [3.63, 3.8) is 0 Å². The van der Waals surface area contributed by atoms with Crippen LogP contribution < -0.4 is 16.7 Å². The molecule has 6 nitrogen and oxygen atoms in total. The summed E-state index contributed by atoms with van der Waals surface area (Å²) >= 11 is 0. The second-order valence-corrected chi connectivity index (χ2v) is 2.97. The van der Waals surface area contributed by atoms with Crippen LogP contribution in [0.4, 0.5) is 0 Å². The average molecular weight is 222 g/mol. The molecule has 0 saturated carbocycles.